The third-order valence-corrected chi connectivity index (χ3v) is 5.53. The molecule has 2 heterocycles. The lowest BCUT2D eigenvalue weighted by atomic mass is 10.2. The number of halogens is 1. The van der Waals surface area contributed by atoms with E-state index in [0.717, 1.165) is 9.35 Å². The Morgan fingerprint density at radius 2 is 2.39 bits per heavy atom. The molecule has 2 rings (SSSR count). The highest BCUT2D eigenvalue weighted by molar-refractivity contribution is 9.10. The van der Waals surface area contributed by atoms with E-state index in [0.29, 0.717) is 5.16 Å². The number of rotatable bonds is 4. The second-order valence-electron chi connectivity index (χ2n) is 3.80. The van der Waals surface area contributed by atoms with Crippen LogP contribution in [0.4, 0.5) is 0 Å². The number of aromatic amines is 1. The molecule has 0 aliphatic heterocycles. The first kappa shape index (κ1) is 13.8. The predicted octanol–water partition coefficient (Wildman–Crippen LogP) is 2.77. The minimum absolute atomic E-state index is 0.0361. The number of nitrogens with two attached hydrogens (primary N) is 1. The van der Waals surface area contributed by atoms with Crippen molar-refractivity contribution in [3.8, 4) is 0 Å². The molecular weight excluding hydrogens is 334 g/mol. The average Bonchev–Trinajstić information content (AvgIpc) is 2.72. The summed E-state index contributed by atoms with van der Waals surface area (Å²) in [5.74, 6) is 0. The molecule has 2 atom stereocenters. The first-order chi connectivity index (χ1) is 8.56. The highest BCUT2D eigenvalue weighted by Gasteiger charge is 2.20. The van der Waals surface area contributed by atoms with Crippen LogP contribution in [0.1, 0.15) is 17.1 Å². The Hall–Kier alpha value is -0.630. The molecule has 0 radical (unpaired) electrons. The van der Waals surface area contributed by atoms with Crippen molar-refractivity contribution < 1.29 is 0 Å². The molecule has 0 saturated carbocycles. The van der Waals surface area contributed by atoms with Crippen LogP contribution in [0.2, 0.25) is 0 Å². The number of H-pyrrole nitrogens is 1. The molecule has 0 fully saturated rings. The Morgan fingerprint density at radius 1 is 1.61 bits per heavy atom. The van der Waals surface area contributed by atoms with Crippen LogP contribution < -0.4 is 11.3 Å². The summed E-state index contributed by atoms with van der Waals surface area (Å²) >= 11 is 6.55. The zero-order valence-corrected chi connectivity index (χ0v) is 12.8. The topological polar surface area (TPSA) is 71.8 Å². The maximum Gasteiger partial charge on any atom is 0.251 e. The fraction of sp³-hybridized carbons (Fsp3) is 0.273. The Morgan fingerprint density at radius 3 is 2.94 bits per heavy atom. The molecule has 0 amide bonds. The maximum atomic E-state index is 11.2. The summed E-state index contributed by atoms with van der Waals surface area (Å²) in [6.07, 6.45) is 1.50. The van der Waals surface area contributed by atoms with Crippen molar-refractivity contribution in [1.82, 2.24) is 9.97 Å². The van der Waals surface area contributed by atoms with E-state index in [1.54, 1.807) is 11.3 Å². The molecule has 18 heavy (non-hydrogen) atoms. The Balaban J connectivity index is 2.24. The van der Waals surface area contributed by atoms with Gasteiger partial charge in [-0.1, -0.05) is 11.8 Å². The summed E-state index contributed by atoms with van der Waals surface area (Å²) in [4.78, 5) is 19.2. The summed E-state index contributed by atoms with van der Waals surface area (Å²) in [5.41, 5.74) is 5.86. The first-order valence-corrected chi connectivity index (χ1v) is 7.83. The quantitative estimate of drug-likeness (QED) is 0.660. The van der Waals surface area contributed by atoms with E-state index < -0.39 is 0 Å². The Kier molecular flexibility index (Phi) is 4.60. The number of nitrogens with one attached hydrogen (secondary N) is 1. The Bertz CT molecular complexity index is 581. The van der Waals surface area contributed by atoms with E-state index in [4.69, 9.17) is 5.73 Å². The van der Waals surface area contributed by atoms with Crippen LogP contribution in [-0.2, 0) is 0 Å². The monoisotopic (exact) mass is 345 g/mol. The van der Waals surface area contributed by atoms with Gasteiger partial charge in [0.15, 0.2) is 5.16 Å². The standard InChI is InChI=1S/C11H12BrN3OS2/c1-6(13)10(8-4-7(12)5-17-8)18-11-14-3-2-9(16)15-11/h2-6,10H,13H2,1H3,(H,14,15,16). The SMILES string of the molecule is CC(N)C(Sc1nccc(=O)[nH]1)c1cc(Br)cs1. The van der Waals surface area contributed by atoms with Gasteiger partial charge in [0, 0.05) is 33.0 Å². The van der Waals surface area contributed by atoms with E-state index in [1.165, 1.54) is 24.0 Å². The Labute approximate surface area is 121 Å². The number of hydrogen-bond donors (Lipinski definition) is 2. The molecule has 0 saturated heterocycles. The number of aromatic nitrogens is 2. The summed E-state index contributed by atoms with van der Waals surface area (Å²) in [6.45, 7) is 1.95. The van der Waals surface area contributed by atoms with Crippen molar-refractivity contribution >= 4 is 39.0 Å². The second kappa shape index (κ2) is 6.01. The van der Waals surface area contributed by atoms with Gasteiger partial charge in [0.1, 0.15) is 0 Å². The third kappa shape index (κ3) is 3.44. The van der Waals surface area contributed by atoms with Gasteiger partial charge >= 0.3 is 0 Å². The van der Waals surface area contributed by atoms with Crippen molar-refractivity contribution in [2.24, 2.45) is 5.73 Å². The molecule has 96 valence electrons. The molecule has 2 unspecified atom stereocenters. The highest BCUT2D eigenvalue weighted by atomic mass is 79.9. The molecular formula is C11H12BrN3OS2. The number of thioether (sulfide) groups is 1. The molecule has 0 aromatic carbocycles. The lowest BCUT2D eigenvalue weighted by molar-refractivity contribution is 0.725. The van der Waals surface area contributed by atoms with Crippen molar-refractivity contribution in [2.75, 3.05) is 0 Å². The van der Waals surface area contributed by atoms with Gasteiger partial charge in [-0.05, 0) is 28.9 Å². The molecule has 2 aromatic heterocycles. The molecule has 0 bridgehead atoms. The average molecular weight is 346 g/mol. The van der Waals surface area contributed by atoms with Crippen LogP contribution in [0.25, 0.3) is 0 Å². The van der Waals surface area contributed by atoms with Gasteiger partial charge in [-0.25, -0.2) is 4.98 Å². The molecule has 4 nitrogen and oxygen atoms in total. The van der Waals surface area contributed by atoms with Gasteiger partial charge < -0.3 is 10.7 Å². The van der Waals surface area contributed by atoms with Gasteiger partial charge in [0.05, 0.1) is 5.25 Å². The smallest absolute Gasteiger partial charge is 0.251 e. The fourth-order valence-electron chi connectivity index (χ4n) is 1.43. The van der Waals surface area contributed by atoms with Gasteiger partial charge in [-0.15, -0.1) is 11.3 Å². The van der Waals surface area contributed by atoms with E-state index >= 15 is 0 Å². The summed E-state index contributed by atoms with van der Waals surface area (Å²) < 4.78 is 1.04. The molecule has 2 aromatic rings. The van der Waals surface area contributed by atoms with E-state index in [1.807, 2.05) is 18.4 Å². The van der Waals surface area contributed by atoms with Crippen LogP contribution in [0.3, 0.4) is 0 Å². The molecule has 0 spiro atoms. The normalized spacial score (nSPS) is 14.4. The van der Waals surface area contributed by atoms with Gasteiger partial charge in [0.2, 0.25) is 0 Å². The minimum atomic E-state index is -0.150. The predicted molar refractivity (Wildman–Crippen MR) is 79.1 cm³/mol. The van der Waals surface area contributed by atoms with Crippen molar-refractivity contribution in [3.63, 3.8) is 0 Å². The summed E-state index contributed by atoms with van der Waals surface area (Å²) in [6, 6.07) is 3.41. The molecule has 3 N–H and O–H groups in total. The van der Waals surface area contributed by atoms with E-state index in [2.05, 4.69) is 25.9 Å². The molecule has 7 heteroatoms. The maximum absolute atomic E-state index is 11.2. The van der Waals surface area contributed by atoms with Crippen molar-refractivity contribution in [3.05, 3.63) is 43.4 Å². The summed E-state index contributed by atoms with van der Waals surface area (Å²) in [7, 11) is 0. The van der Waals surface area contributed by atoms with E-state index in [-0.39, 0.29) is 16.9 Å². The lowest BCUT2D eigenvalue weighted by Crippen LogP contribution is -2.22. The largest absolute Gasteiger partial charge is 0.327 e. The third-order valence-electron chi connectivity index (χ3n) is 2.23. The molecule has 0 aliphatic carbocycles. The van der Waals surface area contributed by atoms with Crippen LogP contribution in [0.15, 0.2) is 38.1 Å². The number of hydrogen-bond acceptors (Lipinski definition) is 5. The van der Waals surface area contributed by atoms with Crippen molar-refractivity contribution in [2.45, 2.75) is 23.4 Å². The van der Waals surface area contributed by atoms with Gasteiger partial charge in [-0.2, -0.15) is 0 Å². The minimum Gasteiger partial charge on any atom is -0.327 e. The lowest BCUT2D eigenvalue weighted by Gasteiger charge is -2.17. The van der Waals surface area contributed by atoms with Crippen LogP contribution >= 0.6 is 39.0 Å². The van der Waals surface area contributed by atoms with Crippen LogP contribution in [0.5, 0.6) is 0 Å². The van der Waals surface area contributed by atoms with Crippen LogP contribution in [-0.4, -0.2) is 16.0 Å². The molecule has 0 aliphatic rings. The fourth-order valence-corrected chi connectivity index (χ4v) is 4.20. The summed E-state index contributed by atoms with van der Waals surface area (Å²) in [5, 5.41) is 2.69. The second-order valence-corrected chi connectivity index (χ2v) is 6.79. The van der Waals surface area contributed by atoms with Crippen LogP contribution in [0, 0.1) is 0 Å². The highest BCUT2D eigenvalue weighted by Crippen LogP contribution is 2.39. The van der Waals surface area contributed by atoms with E-state index in [9.17, 15) is 4.79 Å². The number of nitrogens with zero attached hydrogens (tertiary/aromatic N) is 1. The number of thiophene rings is 1. The van der Waals surface area contributed by atoms with Gasteiger partial charge in [0.25, 0.3) is 5.56 Å². The zero-order chi connectivity index (χ0) is 13.1. The first-order valence-electron chi connectivity index (χ1n) is 5.28. The van der Waals surface area contributed by atoms with Gasteiger partial charge in [-0.3, -0.25) is 4.79 Å². The zero-order valence-electron chi connectivity index (χ0n) is 9.59. The van der Waals surface area contributed by atoms with Crippen molar-refractivity contribution in [1.29, 1.82) is 0 Å².